The van der Waals surface area contributed by atoms with Gasteiger partial charge in [0.15, 0.2) is 17.5 Å². The van der Waals surface area contributed by atoms with Crippen LogP contribution >= 0.6 is 0 Å². The molecule has 5 heteroatoms. The van der Waals surface area contributed by atoms with Gasteiger partial charge in [-0.2, -0.15) is 0 Å². The highest BCUT2D eigenvalue weighted by molar-refractivity contribution is 6.23. The molecule has 12 aromatic rings. The van der Waals surface area contributed by atoms with Crippen molar-refractivity contribution in [2.75, 3.05) is 0 Å². The second-order valence-corrected chi connectivity index (χ2v) is 20.8. The molecule has 1 aliphatic rings. The van der Waals surface area contributed by atoms with Gasteiger partial charge in [-0.25, -0.2) is 15.0 Å². The lowest BCUT2D eigenvalue weighted by atomic mass is 9.58. The Labute approximate surface area is 414 Å². The zero-order chi connectivity index (χ0) is 48.0. The Morgan fingerprint density at radius 3 is 1.32 bits per heavy atom. The molecule has 0 bridgehead atoms. The maximum Gasteiger partial charge on any atom is 0.164 e. The van der Waals surface area contributed by atoms with E-state index in [1.54, 1.807) is 0 Å². The van der Waals surface area contributed by atoms with Crippen molar-refractivity contribution in [1.82, 2.24) is 24.1 Å². The first-order chi connectivity index (χ1) is 34.6. The molecule has 3 heterocycles. The van der Waals surface area contributed by atoms with Crippen LogP contribution in [0.3, 0.4) is 0 Å². The number of para-hydroxylation sites is 2. The Morgan fingerprint density at radius 1 is 0.366 bits per heavy atom. The summed E-state index contributed by atoms with van der Waals surface area (Å²) in [7, 11) is 0. The maximum absolute atomic E-state index is 5.06. The summed E-state index contributed by atoms with van der Waals surface area (Å²) < 4.78 is 4.99. The molecule has 0 fully saturated rings. The van der Waals surface area contributed by atoms with E-state index in [1.807, 2.05) is 60.7 Å². The number of aromatic nitrogens is 5. The molecule has 1 aliphatic carbocycles. The predicted molar refractivity (Wildman–Crippen MR) is 296 cm³/mol. The van der Waals surface area contributed by atoms with Crippen LogP contribution in [0.2, 0.25) is 0 Å². The molecule has 0 amide bonds. The summed E-state index contributed by atoms with van der Waals surface area (Å²) in [4.78, 5) is 15.1. The van der Waals surface area contributed by atoms with Crippen molar-refractivity contribution in [1.29, 1.82) is 0 Å². The quantitative estimate of drug-likeness (QED) is 0.160. The first-order valence-corrected chi connectivity index (χ1v) is 24.9. The molecule has 3 aromatic heterocycles. The van der Waals surface area contributed by atoms with Gasteiger partial charge in [-0.1, -0.05) is 204 Å². The van der Waals surface area contributed by atoms with Crippen molar-refractivity contribution in [3.05, 3.63) is 223 Å². The fraction of sp³-hybridized carbons (Fsp3) is 0.136. The first kappa shape index (κ1) is 42.7. The van der Waals surface area contributed by atoms with Crippen LogP contribution in [0.5, 0.6) is 0 Å². The number of hydrogen-bond acceptors (Lipinski definition) is 3. The lowest BCUT2D eigenvalue weighted by molar-refractivity contribution is 0.233. The minimum absolute atomic E-state index is 0.0943. The fourth-order valence-corrected chi connectivity index (χ4v) is 11.7. The Balaban J connectivity index is 0.979. The molecule has 0 saturated carbocycles. The zero-order valence-electron chi connectivity index (χ0n) is 40.7. The van der Waals surface area contributed by atoms with Gasteiger partial charge in [0.05, 0.1) is 22.1 Å². The van der Waals surface area contributed by atoms with Crippen molar-refractivity contribution >= 4 is 43.6 Å². The predicted octanol–water partition coefficient (Wildman–Crippen LogP) is 17.0. The number of rotatable bonds is 7. The van der Waals surface area contributed by atoms with Crippen molar-refractivity contribution in [3.8, 4) is 67.8 Å². The van der Waals surface area contributed by atoms with Crippen LogP contribution in [-0.2, 0) is 10.8 Å². The van der Waals surface area contributed by atoms with Crippen LogP contribution < -0.4 is 0 Å². The average Bonchev–Trinajstić information content (AvgIpc) is 3.94. The third kappa shape index (κ3) is 7.01. The van der Waals surface area contributed by atoms with Crippen LogP contribution in [0.25, 0.3) is 111 Å². The maximum atomic E-state index is 5.06. The van der Waals surface area contributed by atoms with Gasteiger partial charge in [0, 0.05) is 49.6 Å². The minimum atomic E-state index is 0.0943. The standard InChI is InChI=1S/C66H53N5/c1-42-41-65(2,3)57-40-48(33-36-56(57)66(42,4)5)47-25-18-28-51(39-47)71-59-32-15-13-30-53(59)55-35-34-54-52-29-12-14-31-58(52)70(60(54)61(55)71)50-27-17-24-46(38-50)45-23-16-26-49(37-45)64-68-62(43-19-8-6-9-20-43)67-63(69-64)44-21-10-7-11-22-44/h6-40,42H,41H2,1-5H3. The molecule has 9 aromatic carbocycles. The summed E-state index contributed by atoms with van der Waals surface area (Å²) >= 11 is 0. The molecule has 0 N–H and O–H groups in total. The Morgan fingerprint density at radius 2 is 0.789 bits per heavy atom. The van der Waals surface area contributed by atoms with Gasteiger partial charge in [0.1, 0.15) is 0 Å². The molecule has 0 saturated heterocycles. The fourth-order valence-electron chi connectivity index (χ4n) is 11.7. The topological polar surface area (TPSA) is 48.5 Å². The van der Waals surface area contributed by atoms with E-state index in [9.17, 15) is 0 Å². The number of hydrogen-bond donors (Lipinski definition) is 0. The molecule has 0 radical (unpaired) electrons. The third-order valence-corrected chi connectivity index (χ3v) is 15.7. The van der Waals surface area contributed by atoms with E-state index >= 15 is 0 Å². The normalized spacial score (nSPS) is 15.1. The SMILES string of the molecule is CC1CC(C)(C)c2cc(-c3cccc(-n4c5ccccc5c5ccc6c7ccccc7n(-c7cccc(-c8cccc(-c9nc(-c%10ccccc%10)nc(-c%10ccccc%10)n9)c8)c7)c6c54)c3)ccc2C1(C)C. The van der Waals surface area contributed by atoms with E-state index in [0.29, 0.717) is 23.4 Å². The van der Waals surface area contributed by atoms with Crippen molar-refractivity contribution < 1.29 is 0 Å². The highest BCUT2D eigenvalue weighted by Gasteiger charge is 2.42. The van der Waals surface area contributed by atoms with E-state index in [1.165, 1.54) is 66.8 Å². The minimum Gasteiger partial charge on any atom is -0.307 e. The van der Waals surface area contributed by atoms with E-state index < -0.39 is 0 Å². The number of nitrogens with zero attached hydrogens (tertiary/aromatic N) is 5. The monoisotopic (exact) mass is 915 g/mol. The van der Waals surface area contributed by atoms with Crippen LogP contribution in [0.1, 0.15) is 52.2 Å². The molecule has 0 spiro atoms. The highest BCUT2D eigenvalue weighted by atomic mass is 15.1. The Hall–Kier alpha value is -8.41. The van der Waals surface area contributed by atoms with Gasteiger partial charge in [-0.15, -0.1) is 0 Å². The van der Waals surface area contributed by atoms with Crippen molar-refractivity contribution in [3.63, 3.8) is 0 Å². The highest BCUT2D eigenvalue weighted by Crippen LogP contribution is 2.50. The van der Waals surface area contributed by atoms with Crippen molar-refractivity contribution in [2.24, 2.45) is 5.92 Å². The lowest BCUT2D eigenvalue weighted by Crippen LogP contribution is -2.40. The van der Waals surface area contributed by atoms with Gasteiger partial charge in [0.2, 0.25) is 0 Å². The van der Waals surface area contributed by atoms with Gasteiger partial charge < -0.3 is 9.13 Å². The molecule has 1 atom stereocenters. The van der Waals surface area contributed by atoms with Crippen LogP contribution in [0.15, 0.2) is 212 Å². The van der Waals surface area contributed by atoms with Crippen LogP contribution in [0, 0.1) is 5.92 Å². The van der Waals surface area contributed by atoms with Gasteiger partial charge in [-0.05, 0) is 99.0 Å². The summed E-state index contributed by atoms with van der Waals surface area (Å²) in [5.41, 5.74) is 17.6. The zero-order valence-corrected chi connectivity index (χ0v) is 40.7. The van der Waals surface area contributed by atoms with Crippen LogP contribution in [-0.4, -0.2) is 24.1 Å². The lowest BCUT2D eigenvalue weighted by Gasteiger charge is -2.46. The molecule has 0 aliphatic heterocycles. The molecule has 5 nitrogen and oxygen atoms in total. The molecular formula is C66H53N5. The average molecular weight is 916 g/mol. The summed E-state index contributed by atoms with van der Waals surface area (Å²) in [6.45, 7) is 12.1. The van der Waals surface area contributed by atoms with E-state index in [-0.39, 0.29) is 10.8 Å². The second kappa shape index (κ2) is 16.4. The summed E-state index contributed by atoms with van der Waals surface area (Å²) in [6, 6.07) is 76.7. The molecule has 1 unspecified atom stereocenters. The summed E-state index contributed by atoms with van der Waals surface area (Å²) in [5, 5.41) is 4.89. The second-order valence-electron chi connectivity index (χ2n) is 20.8. The Bertz CT molecular complexity index is 3990. The van der Waals surface area contributed by atoms with E-state index in [4.69, 9.17) is 15.0 Å². The van der Waals surface area contributed by atoms with Gasteiger partial charge >= 0.3 is 0 Å². The molecular weight excluding hydrogens is 863 g/mol. The van der Waals surface area contributed by atoms with Crippen LogP contribution in [0.4, 0.5) is 0 Å². The number of benzene rings is 9. The van der Waals surface area contributed by atoms with Crippen molar-refractivity contribution in [2.45, 2.75) is 51.9 Å². The third-order valence-electron chi connectivity index (χ3n) is 15.7. The molecule has 342 valence electrons. The molecule has 71 heavy (non-hydrogen) atoms. The van der Waals surface area contributed by atoms with E-state index in [2.05, 4.69) is 195 Å². The number of fused-ring (bicyclic) bond motifs is 8. The Kier molecular flexibility index (Phi) is 9.83. The van der Waals surface area contributed by atoms with Gasteiger partial charge in [0.25, 0.3) is 0 Å². The first-order valence-electron chi connectivity index (χ1n) is 24.9. The smallest absolute Gasteiger partial charge is 0.164 e. The molecule has 13 rings (SSSR count). The summed E-state index contributed by atoms with van der Waals surface area (Å²) in [6.07, 6.45) is 1.17. The van der Waals surface area contributed by atoms with Gasteiger partial charge in [-0.3, -0.25) is 0 Å². The largest absolute Gasteiger partial charge is 0.307 e. The summed E-state index contributed by atoms with van der Waals surface area (Å²) in [5.74, 6) is 2.52. The van der Waals surface area contributed by atoms with E-state index in [0.717, 1.165) is 44.7 Å².